The third-order valence-electron chi connectivity index (χ3n) is 4.30. The maximum Gasteiger partial charge on any atom is 0.234 e. The van der Waals surface area contributed by atoms with Crippen LogP contribution in [0.4, 0.5) is 10.1 Å². The highest BCUT2D eigenvalue weighted by Gasteiger charge is 2.15. The van der Waals surface area contributed by atoms with Crippen LogP contribution < -0.4 is 5.32 Å². The number of benzene rings is 2. The monoisotopic (exact) mass is 408 g/mol. The van der Waals surface area contributed by atoms with E-state index in [9.17, 15) is 9.18 Å². The van der Waals surface area contributed by atoms with Gasteiger partial charge in [-0.05, 0) is 24.6 Å². The molecule has 1 amide bonds. The summed E-state index contributed by atoms with van der Waals surface area (Å²) in [5, 5.41) is 11.7. The van der Waals surface area contributed by atoms with E-state index < -0.39 is 0 Å². The predicted octanol–water partition coefficient (Wildman–Crippen LogP) is 3.45. The fourth-order valence-electron chi connectivity index (χ4n) is 2.80. The number of anilines is 1. The summed E-state index contributed by atoms with van der Waals surface area (Å²) < 4.78 is 15.5. The lowest BCUT2D eigenvalue weighted by Gasteiger charge is -2.07. The summed E-state index contributed by atoms with van der Waals surface area (Å²) in [6, 6.07) is 14.1. The molecule has 0 aliphatic rings. The third kappa shape index (κ3) is 4.24. The molecule has 0 fully saturated rings. The molecule has 9 heteroatoms. The second kappa shape index (κ2) is 8.36. The molecule has 0 saturated heterocycles. The number of rotatable bonds is 6. The van der Waals surface area contributed by atoms with E-state index in [-0.39, 0.29) is 24.0 Å². The fourth-order valence-corrected chi connectivity index (χ4v) is 3.54. The van der Waals surface area contributed by atoms with Crippen molar-refractivity contribution in [2.45, 2.75) is 18.5 Å². The van der Waals surface area contributed by atoms with Gasteiger partial charge in [-0.2, -0.15) is 0 Å². The van der Waals surface area contributed by atoms with E-state index in [2.05, 4.69) is 25.6 Å². The van der Waals surface area contributed by atoms with Gasteiger partial charge in [-0.3, -0.25) is 4.79 Å². The van der Waals surface area contributed by atoms with Crippen molar-refractivity contribution in [3.8, 4) is 0 Å². The molecule has 2 aromatic carbocycles. The number of aryl methyl sites for hydroxylation is 1. The van der Waals surface area contributed by atoms with Crippen LogP contribution in [0.1, 0.15) is 11.1 Å². The van der Waals surface area contributed by atoms with Gasteiger partial charge in [0.2, 0.25) is 5.91 Å². The Labute approximate surface area is 170 Å². The van der Waals surface area contributed by atoms with Crippen LogP contribution in [0.25, 0.3) is 11.2 Å². The molecule has 0 aliphatic heterocycles. The Bertz CT molecular complexity index is 1180. The molecule has 4 aromatic rings. The number of carbonyl (C=O) groups excluding carboxylic acids is 1. The summed E-state index contributed by atoms with van der Waals surface area (Å²) in [4.78, 5) is 20.7. The zero-order valence-electron chi connectivity index (χ0n) is 15.5. The number of carbonyl (C=O) groups is 1. The Kier molecular flexibility index (Phi) is 5.48. The summed E-state index contributed by atoms with van der Waals surface area (Å²) in [6.45, 7) is 2.14. The minimum Gasteiger partial charge on any atom is -0.325 e. The molecule has 2 heterocycles. The Morgan fingerprint density at radius 1 is 1.14 bits per heavy atom. The lowest BCUT2D eigenvalue weighted by molar-refractivity contribution is -0.113. The lowest BCUT2D eigenvalue weighted by Crippen LogP contribution is -2.14. The van der Waals surface area contributed by atoms with Gasteiger partial charge < -0.3 is 5.32 Å². The number of para-hydroxylation sites is 1. The van der Waals surface area contributed by atoms with Crippen LogP contribution in [0, 0.1) is 12.7 Å². The average Bonchev–Trinajstić information content (AvgIpc) is 3.13. The molecular weight excluding hydrogens is 391 g/mol. The van der Waals surface area contributed by atoms with Gasteiger partial charge >= 0.3 is 0 Å². The molecule has 146 valence electrons. The van der Waals surface area contributed by atoms with Crippen LogP contribution in [0.5, 0.6) is 0 Å². The molecule has 0 spiro atoms. The first kappa shape index (κ1) is 19.0. The van der Waals surface area contributed by atoms with E-state index in [0.717, 1.165) is 11.3 Å². The summed E-state index contributed by atoms with van der Waals surface area (Å²) in [7, 11) is 0. The van der Waals surface area contributed by atoms with Crippen LogP contribution in [0.15, 0.2) is 59.9 Å². The third-order valence-corrected chi connectivity index (χ3v) is 5.28. The van der Waals surface area contributed by atoms with Crippen molar-refractivity contribution in [1.29, 1.82) is 0 Å². The van der Waals surface area contributed by atoms with Gasteiger partial charge in [-0.25, -0.2) is 19.0 Å². The van der Waals surface area contributed by atoms with E-state index in [1.54, 1.807) is 18.2 Å². The number of hydrogen-bond acceptors (Lipinski definition) is 6. The molecule has 29 heavy (non-hydrogen) atoms. The Balaban J connectivity index is 1.49. The number of fused-ring (bicyclic) bond motifs is 1. The topological polar surface area (TPSA) is 85.6 Å². The Morgan fingerprint density at radius 2 is 1.93 bits per heavy atom. The number of nitrogens with zero attached hydrogens (tertiary/aromatic N) is 5. The number of amides is 1. The number of thioether (sulfide) groups is 1. The van der Waals surface area contributed by atoms with Gasteiger partial charge in [0.05, 0.1) is 12.3 Å². The van der Waals surface area contributed by atoms with E-state index in [1.807, 2.05) is 31.2 Å². The molecule has 2 aromatic heterocycles. The average molecular weight is 408 g/mol. The van der Waals surface area contributed by atoms with E-state index in [4.69, 9.17) is 0 Å². The van der Waals surface area contributed by atoms with Crippen LogP contribution in [0.3, 0.4) is 0 Å². The molecule has 7 nitrogen and oxygen atoms in total. The summed E-state index contributed by atoms with van der Waals surface area (Å²) in [5.41, 5.74) is 3.24. The van der Waals surface area contributed by atoms with Crippen molar-refractivity contribution in [1.82, 2.24) is 25.0 Å². The Hall–Kier alpha value is -3.33. The SMILES string of the molecule is Cc1ccccc1NC(=O)CSc1ncnc2c1nnn2Cc1ccccc1F. The fraction of sp³-hybridized carbons (Fsp3) is 0.150. The zero-order valence-corrected chi connectivity index (χ0v) is 16.4. The number of nitrogens with one attached hydrogen (secondary N) is 1. The first-order chi connectivity index (χ1) is 14.1. The highest BCUT2D eigenvalue weighted by atomic mass is 32.2. The van der Waals surface area contributed by atoms with Gasteiger partial charge in [-0.1, -0.05) is 53.4 Å². The summed E-state index contributed by atoms with van der Waals surface area (Å²) in [5.74, 6) is -0.289. The minimum absolute atomic E-state index is 0.144. The predicted molar refractivity (Wildman–Crippen MR) is 109 cm³/mol. The standard InChI is InChI=1S/C20H17FN6OS/c1-13-6-2-5-9-16(13)24-17(28)11-29-20-18-19(22-12-23-20)27(26-25-18)10-14-7-3-4-8-15(14)21/h2-9,12H,10-11H2,1H3,(H,24,28). The van der Waals surface area contributed by atoms with Crippen molar-refractivity contribution in [3.05, 3.63) is 71.8 Å². The number of aromatic nitrogens is 5. The first-order valence-electron chi connectivity index (χ1n) is 8.87. The van der Waals surface area contributed by atoms with Crippen LogP contribution >= 0.6 is 11.8 Å². The van der Waals surface area contributed by atoms with E-state index >= 15 is 0 Å². The van der Waals surface area contributed by atoms with Crippen molar-refractivity contribution < 1.29 is 9.18 Å². The van der Waals surface area contributed by atoms with Gasteiger partial charge in [0.15, 0.2) is 11.2 Å². The quantitative estimate of drug-likeness (QED) is 0.389. The summed E-state index contributed by atoms with van der Waals surface area (Å²) in [6.07, 6.45) is 1.39. The number of halogens is 1. The van der Waals surface area contributed by atoms with Crippen LogP contribution in [-0.2, 0) is 11.3 Å². The zero-order chi connectivity index (χ0) is 20.2. The lowest BCUT2D eigenvalue weighted by atomic mass is 10.2. The van der Waals surface area contributed by atoms with E-state index in [1.165, 1.54) is 28.8 Å². The van der Waals surface area contributed by atoms with Gasteiger partial charge in [0, 0.05) is 11.3 Å². The molecule has 0 aliphatic carbocycles. The molecule has 0 unspecified atom stereocenters. The maximum atomic E-state index is 13.9. The smallest absolute Gasteiger partial charge is 0.234 e. The van der Waals surface area contributed by atoms with Gasteiger partial charge in [-0.15, -0.1) is 5.10 Å². The van der Waals surface area contributed by atoms with Gasteiger partial charge in [0.25, 0.3) is 0 Å². The highest BCUT2D eigenvalue weighted by Crippen LogP contribution is 2.23. The van der Waals surface area contributed by atoms with Crippen molar-refractivity contribution in [2.24, 2.45) is 0 Å². The van der Waals surface area contributed by atoms with Crippen LogP contribution in [-0.4, -0.2) is 36.6 Å². The van der Waals surface area contributed by atoms with Crippen LogP contribution in [0.2, 0.25) is 0 Å². The highest BCUT2D eigenvalue weighted by molar-refractivity contribution is 8.00. The summed E-state index contributed by atoms with van der Waals surface area (Å²) >= 11 is 1.25. The Morgan fingerprint density at radius 3 is 2.76 bits per heavy atom. The molecule has 0 radical (unpaired) electrons. The van der Waals surface area contributed by atoms with Crippen molar-refractivity contribution in [3.63, 3.8) is 0 Å². The molecule has 1 N–H and O–H groups in total. The second-order valence-corrected chi connectivity index (χ2v) is 7.31. The van der Waals surface area contributed by atoms with E-state index in [0.29, 0.717) is 21.8 Å². The minimum atomic E-state index is -0.312. The van der Waals surface area contributed by atoms with Gasteiger partial charge in [0.1, 0.15) is 17.2 Å². The molecular formula is C20H17FN6OS. The largest absolute Gasteiger partial charge is 0.325 e. The molecule has 0 saturated carbocycles. The van der Waals surface area contributed by atoms with Crippen molar-refractivity contribution in [2.75, 3.05) is 11.1 Å². The normalized spacial score (nSPS) is 11.0. The molecule has 0 atom stereocenters. The maximum absolute atomic E-state index is 13.9. The van der Waals surface area contributed by atoms with Crippen molar-refractivity contribution >= 4 is 34.5 Å². The molecule has 4 rings (SSSR count). The second-order valence-electron chi connectivity index (χ2n) is 6.34. The first-order valence-corrected chi connectivity index (χ1v) is 9.86. The number of hydrogen-bond donors (Lipinski definition) is 1. The molecule has 0 bridgehead atoms.